The number of hydrogen-bond donors (Lipinski definition) is 1. The van der Waals surface area contributed by atoms with Crippen LogP contribution in [0.1, 0.15) is 22.3 Å². The lowest BCUT2D eigenvalue weighted by atomic mass is 10.0. The first-order chi connectivity index (χ1) is 9.20. The number of amides is 1. The van der Waals surface area contributed by atoms with Crippen LogP contribution in [0.5, 0.6) is 5.75 Å². The maximum atomic E-state index is 12.6. The number of benzene rings is 1. The number of carbonyl (C=O) groups is 1. The molecule has 4 nitrogen and oxygen atoms in total. The minimum atomic E-state index is 0.134. The second-order valence-electron chi connectivity index (χ2n) is 5.46. The van der Waals surface area contributed by atoms with Crippen molar-refractivity contribution < 1.29 is 9.53 Å². The third kappa shape index (κ3) is 2.10. The average molecular weight is 260 g/mol. The summed E-state index contributed by atoms with van der Waals surface area (Å²) in [6.07, 6.45) is 1.12. The van der Waals surface area contributed by atoms with Crippen molar-refractivity contribution in [2.24, 2.45) is 5.92 Å². The first-order valence-corrected chi connectivity index (χ1v) is 6.87. The van der Waals surface area contributed by atoms with Crippen LogP contribution < -0.4 is 10.1 Å². The second kappa shape index (κ2) is 4.85. The lowest BCUT2D eigenvalue weighted by molar-refractivity contribution is 0.0736. The normalized spacial score (nSPS) is 25.5. The fourth-order valence-corrected chi connectivity index (χ4v) is 3.22. The van der Waals surface area contributed by atoms with E-state index in [1.54, 1.807) is 7.11 Å². The van der Waals surface area contributed by atoms with Gasteiger partial charge in [-0.15, -0.1) is 0 Å². The van der Waals surface area contributed by atoms with E-state index in [4.69, 9.17) is 4.74 Å². The van der Waals surface area contributed by atoms with Crippen LogP contribution in [-0.4, -0.2) is 43.6 Å². The summed E-state index contributed by atoms with van der Waals surface area (Å²) >= 11 is 0. The Hall–Kier alpha value is -1.55. The van der Waals surface area contributed by atoms with E-state index in [-0.39, 0.29) is 5.91 Å². The number of rotatable bonds is 2. The fourth-order valence-electron chi connectivity index (χ4n) is 3.22. The van der Waals surface area contributed by atoms with Crippen molar-refractivity contribution >= 4 is 5.91 Å². The molecule has 2 heterocycles. The first-order valence-electron chi connectivity index (χ1n) is 6.87. The van der Waals surface area contributed by atoms with E-state index in [1.165, 1.54) is 0 Å². The number of hydrogen-bond acceptors (Lipinski definition) is 3. The number of ether oxygens (including phenoxy) is 1. The Morgan fingerprint density at radius 1 is 1.42 bits per heavy atom. The smallest absolute Gasteiger partial charge is 0.254 e. The van der Waals surface area contributed by atoms with E-state index < -0.39 is 0 Å². The fraction of sp³-hybridized carbons (Fsp3) is 0.533. The number of aryl methyl sites for hydroxylation is 1. The predicted octanol–water partition coefficient (Wildman–Crippen LogP) is 1.44. The Balaban J connectivity index is 1.84. The molecule has 4 heteroatoms. The van der Waals surface area contributed by atoms with Crippen LogP contribution in [0.25, 0.3) is 0 Å². The Morgan fingerprint density at radius 2 is 2.26 bits per heavy atom. The zero-order chi connectivity index (χ0) is 13.4. The van der Waals surface area contributed by atoms with Crippen molar-refractivity contribution in [2.75, 3.05) is 26.7 Å². The van der Waals surface area contributed by atoms with E-state index in [9.17, 15) is 4.79 Å². The van der Waals surface area contributed by atoms with Gasteiger partial charge in [-0.1, -0.05) is 6.07 Å². The summed E-state index contributed by atoms with van der Waals surface area (Å²) in [5.41, 5.74) is 1.79. The van der Waals surface area contributed by atoms with Crippen LogP contribution in [0.4, 0.5) is 0 Å². The molecule has 3 rings (SSSR count). The summed E-state index contributed by atoms with van der Waals surface area (Å²) in [6, 6.07) is 6.08. The van der Waals surface area contributed by atoms with Crippen LogP contribution >= 0.6 is 0 Å². The van der Waals surface area contributed by atoms with Gasteiger partial charge in [-0.2, -0.15) is 0 Å². The molecule has 0 spiro atoms. The van der Waals surface area contributed by atoms with Crippen molar-refractivity contribution in [1.29, 1.82) is 0 Å². The van der Waals surface area contributed by atoms with Gasteiger partial charge in [0.05, 0.1) is 7.11 Å². The highest BCUT2D eigenvalue weighted by Gasteiger charge is 2.40. The molecule has 2 saturated heterocycles. The Morgan fingerprint density at radius 3 is 3.05 bits per heavy atom. The van der Waals surface area contributed by atoms with E-state index >= 15 is 0 Å². The second-order valence-corrected chi connectivity index (χ2v) is 5.46. The summed E-state index contributed by atoms with van der Waals surface area (Å²) in [5.74, 6) is 1.55. The molecule has 0 saturated carbocycles. The number of methoxy groups -OCH3 is 1. The molecule has 2 fully saturated rings. The molecule has 102 valence electrons. The SMILES string of the molecule is COc1cc(C(=O)N2CC[C@H]3CNC[C@H]32)ccc1C. The van der Waals surface area contributed by atoms with E-state index in [2.05, 4.69) is 5.32 Å². The van der Waals surface area contributed by atoms with E-state index in [1.807, 2.05) is 30.0 Å². The third-order valence-corrected chi connectivity index (χ3v) is 4.36. The van der Waals surface area contributed by atoms with Gasteiger partial charge in [0.1, 0.15) is 5.75 Å². The summed E-state index contributed by atoms with van der Waals surface area (Å²) in [6.45, 7) is 4.84. The number of nitrogens with one attached hydrogen (secondary N) is 1. The number of nitrogens with zero attached hydrogens (tertiary/aromatic N) is 1. The van der Waals surface area contributed by atoms with Crippen molar-refractivity contribution in [2.45, 2.75) is 19.4 Å². The minimum absolute atomic E-state index is 0.134. The molecule has 2 aliphatic rings. The maximum absolute atomic E-state index is 12.6. The van der Waals surface area contributed by atoms with Crippen molar-refractivity contribution in [3.63, 3.8) is 0 Å². The molecule has 2 aliphatic heterocycles. The molecule has 0 unspecified atom stereocenters. The van der Waals surface area contributed by atoms with Gasteiger partial charge >= 0.3 is 0 Å². The summed E-state index contributed by atoms with van der Waals surface area (Å²) in [7, 11) is 1.64. The standard InChI is InChI=1S/C15H20N2O2/c1-10-3-4-11(7-14(10)19-2)15(18)17-6-5-12-8-16-9-13(12)17/h3-4,7,12-13,16H,5-6,8-9H2,1-2H3/t12-,13+/m0/s1. The lowest BCUT2D eigenvalue weighted by Gasteiger charge is -2.23. The molecular weight excluding hydrogens is 240 g/mol. The van der Waals surface area contributed by atoms with Gasteiger partial charge in [0.2, 0.25) is 0 Å². The third-order valence-electron chi connectivity index (χ3n) is 4.36. The Kier molecular flexibility index (Phi) is 3.19. The van der Waals surface area contributed by atoms with Crippen LogP contribution in [0.15, 0.2) is 18.2 Å². The molecule has 0 aliphatic carbocycles. The summed E-state index contributed by atoms with van der Waals surface area (Å²) in [5, 5.41) is 3.37. The van der Waals surface area contributed by atoms with Gasteiger partial charge in [-0.25, -0.2) is 0 Å². The molecule has 0 radical (unpaired) electrons. The topological polar surface area (TPSA) is 41.6 Å². The first kappa shape index (κ1) is 12.5. The van der Waals surface area contributed by atoms with Crippen molar-refractivity contribution in [1.82, 2.24) is 10.2 Å². The molecule has 0 bridgehead atoms. The van der Waals surface area contributed by atoms with Gasteiger partial charge < -0.3 is 15.0 Å². The van der Waals surface area contributed by atoms with Gasteiger partial charge in [-0.05, 0) is 37.0 Å². The molecule has 1 aromatic carbocycles. The largest absolute Gasteiger partial charge is 0.496 e. The van der Waals surface area contributed by atoms with E-state index in [0.717, 1.165) is 42.9 Å². The average Bonchev–Trinajstić information content (AvgIpc) is 3.01. The van der Waals surface area contributed by atoms with Gasteiger partial charge in [0.15, 0.2) is 0 Å². The summed E-state index contributed by atoms with van der Waals surface area (Å²) < 4.78 is 5.30. The zero-order valence-corrected chi connectivity index (χ0v) is 11.5. The predicted molar refractivity (Wildman–Crippen MR) is 73.5 cm³/mol. The number of likely N-dealkylation sites (tertiary alicyclic amines) is 1. The highest BCUT2D eigenvalue weighted by Crippen LogP contribution is 2.29. The Labute approximate surface area is 113 Å². The van der Waals surface area contributed by atoms with Gasteiger partial charge in [0, 0.05) is 31.2 Å². The maximum Gasteiger partial charge on any atom is 0.254 e. The molecule has 1 aromatic rings. The Bertz CT molecular complexity index is 501. The van der Waals surface area contributed by atoms with Gasteiger partial charge in [0.25, 0.3) is 5.91 Å². The van der Waals surface area contributed by atoms with Crippen molar-refractivity contribution in [3.8, 4) is 5.75 Å². The highest BCUT2D eigenvalue weighted by molar-refractivity contribution is 5.95. The number of fused-ring (bicyclic) bond motifs is 1. The minimum Gasteiger partial charge on any atom is -0.496 e. The lowest BCUT2D eigenvalue weighted by Crippen LogP contribution is -2.39. The molecule has 19 heavy (non-hydrogen) atoms. The molecule has 1 amide bonds. The van der Waals surface area contributed by atoms with E-state index in [0.29, 0.717) is 12.0 Å². The van der Waals surface area contributed by atoms with Crippen molar-refractivity contribution in [3.05, 3.63) is 29.3 Å². The van der Waals surface area contributed by atoms with Crippen LogP contribution in [0, 0.1) is 12.8 Å². The highest BCUT2D eigenvalue weighted by atomic mass is 16.5. The number of carbonyl (C=O) groups excluding carboxylic acids is 1. The molecule has 1 N–H and O–H groups in total. The molecular formula is C15H20N2O2. The quantitative estimate of drug-likeness (QED) is 0.875. The van der Waals surface area contributed by atoms with Crippen LogP contribution in [0.3, 0.4) is 0 Å². The monoisotopic (exact) mass is 260 g/mol. The summed E-state index contributed by atoms with van der Waals surface area (Å²) in [4.78, 5) is 14.6. The molecule has 2 atom stereocenters. The molecule has 0 aromatic heterocycles. The zero-order valence-electron chi connectivity index (χ0n) is 11.5. The van der Waals surface area contributed by atoms with Gasteiger partial charge in [-0.3, -0.25) is 4.79 Å². The van der Waals surface area contributed by atoms with Crippen LogP contribution in [-0.2, 0) is 0 Å². The van der Waals surface area contributed by atoms with Crippen LogP contribution in [0.2, 0.25) is 0 Å².